The van der Waals surface area contributed by atoms with E-state index in [-0.39, 0.29) is 23.7 Å². The summed E-state index contributed by atoms with van der Waals surface area (Å²) in [5.41, 5.74) is -1.01. The van der Waals surface area contributed by atoms with Gasteiger partial charge >= 0.3 is 5.97 Å². The molecule has 0 aromatic rings. The summed E-state index contributed by atoms with van der Waals surface area (Å²) in [5, 5.41) is 9.60. The average molecular weight is 291 g/mol. The molecule has 1 N–H and O–H groups in total. The number of rotatable bonds is 2. The van der Waals surface area contributed by atoms with Crippen molar-refractivity contribution in [3.05, 3.63) is 12.2 Å². The van der Waals surface area contributed by atoms with Gasteiger partial charge in [0.25, 0.3) is 0 Å². The van der Waals surface area contributed by atoms with Gasteiger partial charge in [0.2, 0.25) is 11.8 Å². The number of carbonyl (C=O) groups is 3. The summed E-state index contributed by atoms with van der Waals surface area (Å²) >= 11 is 0. The highest BCUT2D eigenvalue weighted by Crippen LogP contribution is 2.44. The van der Waals surface area contributed by atoms with E-state index in [4.69, 9.17) is 0 Å². The monoisotopic (exact) mass is 291 g/mol. The van der Waals surface area contributed by atoms with Crippen LogP contribution >= 0.6 is 0 Å². The number of aliphatic carboxylic acids is 1. The van der Waals surface area contributed by atoms with Gasteiger partial charge in [-0.2, -0.15) is 0 Å². The Kier molecular flexibility index (Phi) is 3.38. The van der Waals surface area contributed by atoms with Crippen LogP contribution in [0, 0.1) is 17.3 Å². The summed E-state index contributed by atoms with van der Waals surface area (Å²) in [7, 11) is 0. The van der Waals surface area contributed by atoms with Crippen LogP contribution in [0.3, 0.4) is 0 Å². The number of amides is 2. The second-order valence-corrected chi connectivity index (χ2v) is 6.69. The highest BCUT2D eigenvalue weighted by molar-refractivity contribution is 6.06. The third-order valence-corrected chi connectivity index (χ3v) is 5.50. The highest BCUT2D eigenvalue weighted by Gasteiger charge is 2.56. The molecule has 4 atom stereocenters. The summed E-state index contributed by atoms with van der Waals surface area (Å²) in [6.07, 6.45) is 7.94. The predicted molar refractivity (Wildman–Crippen MR) is 75.2 cm³/mol. The van der Waals surface area contributed by atoms with E-state index in [2.05, 4.69) is 0 Å². The number of hydrogen-bond donors (Lipinski definition) is 1. The molecule has 0 spiro atoms. The molecule has 0 bridgehead atoms. The fraction of sp³-hybridized carbons (Fsp3) is 0.688. The molecule has 4 unspecified atom stereocenters. The van der Waals surface area contributed by atoms with Gasteiger partial charge in [-0.1, -0.05) is 25.0 Å². The Bertz CT molecular complexity index is 500. The molecule has 3 rings (SSSR count). The maximum atomic E-state index is 12.6. The molecule has 0 radical (unpaired) electrons. The number of allylic oxidation sites excluding steroid dienone is 2. The molecular formula is C16H21NO4. The van der Waals surface area contributed by atoms with E-state index in [1.807, 2.05) is 12.2 Å². The molecule has 21 heavy (non-hydrogen) atoms. The number of likely N-dealkylation sites (tertiary alicyclic amines) is 1. The molecule has 1 saturated heterocycles. The summed E-state index contributed by atoms with van der Waals surface area (Å²) in [4.78, 5) is 38.3. The van der Waals surface area contributed by atoms with E-state index in [0.717, 1.165) is 12.8 Å². The van der Waals surface area contributed by atoms with E-state index < -0.39 is 17.4 Å². The zero-order chi connectivity index (χ0) is 15.2. The lowest BCUT2D eigenvalue weighted by molar-refractivity contribution is -0.160. The lowest BCUT2D eigenvalue weighted by Gasteiger charge is -2.42. The minimum absolute atomic E-state index is 0.159. The van der Waals surface area contributed by atoms with Crippen molar-refractivity contribution < 1.29 is 19.5 Å². The fourth-order valence-electron chi connectivity index (χ4n) is 4.11. The van der Waals surface area contributed by atoms with Crippen LogP contribution < -0.4 is 0 Å². The average Bonchev–Trinajstić information content (AvgIpc) is 2.72. The molecule has 2 amide bonds. The normalized spacial score (nSPS) is 39.5. The van der Waals surface area contributed by atoms with Crippen LogP contribution in [-0.2, 0) is 14.4 Å². The van der Waals surface area contributed by atoms with E-state index in [0.29, 0.717) is 25.7 Å². The Labute approximate surface area is 124 Å². The van der Waals surface area contributed by atoms with Gasteiger partial charge in [-0.15, -0.1) is 0 Å². The molecule has 2 fully saturated rings. The molecule has 1 aliphatic heterocycles. The largest absolute Gasteiger partial charge is 0.481 e. The van der Waals surface area contributed by atoms with Gasteiger partial charge in [0.05, 0.1) is 23.3 Å². The van der Waals surface area contributed by atoms with Gasteiger partial charge in [0.15, 0.2) is 0 Å². The van der Waals surface area contributed by atoms with Gasteiger partial charge in [-0.3, -0.25) is 19.3 Å². The molecule has 114 valence electrons. The first-order valence-electron chi connectivity index (χ1n) is 7.72. The Hall–Kier alpha value is -1.65. The molecule has 0 aromatic heterocycles. The van der Waals surface area contributed by atoms with Crippen molar-refractivity contribution >= 4 is 17.8 Å². The lowest BCUT2D eigenvalue weighted by atomic mass is 9.71. The van der Waals surface area contributed by atoms with Crippen LogP contribution in [0.2, 0.25) is 0 Å². The van der Waals surface area contributed by atoms with Crippen LogP contribution in [0.15, 0.2) is 12.2 Å². The van der Waals surface area contributed by atoms with Gasteiger partial charge < -0.3 is 5.11 Å². The Morgan fingerprint density at radius 1 is 1.19 bits per heavy atom. The van der Waals surface area contributed by atoms with E-state index in [9.17, 15) is 19.5 Å². The second kappa shape index (κ2) is 4.97. The molecule has 1 heterocycles. The number of fused-ring (bicyclic) bond motifs is 1. The lowest BCUT2D eigenvalue weighted by Crippen LogP contribution is -2.54. The number of hydrogen-bond acceptors (Lipinski definition) is 3. The minimum atomic E-state index is -1.01. The first-order valence-corrected chi connectivity index (χ1v) is 7.72. The first-order chi connectivity index (χ1) is 9.97. The molecular weight excluding hydrogens is 270 g/mol. The quantitative estimate of drug-likeness (QED) is 0.623. The first kappa shape index (κ1) is 14.3. The van der Waals surface area contributed by atoms with Gasteiger partial charge in [0.1, 0.15) is 0 Å². The van der Waals surface area contributed by atoms with E-state index >= 15 is 0 Å². The number of imide groups is 1. The summed E-state index contributed by atoms with van der Waals surface area (Å²) in [6.45, 7) is 1.68. The van der Waals surface area contributed by atoms with Crippen LogP contribution in [0.1, 0.15) is 45.4 Å². The van der Waals surface area contributed by atoms with Crippen LogP contribution in [0.25, 0.3) is 0 Å². The molecule has 5 nitrogen and oxygen atoms in total. The zero-order valence-electron chi connectivity index (χ0n) is 12.2. The molecule has 3 aliphatic rings. The number of nitrogens with zero attached hydrogens (tertiary/aromatic N) is 1. The second-order valence-electron chi connectivity index (χ2n) is 6.69. The van der Waals surface area contributed by atoms with Gasteiger partial charge in [-0.05, 0) is 32.6 Å². The Morgan fingerprint density at radius 2 is 1.76 bits per heavy atom. The third kappa shape index (κ3) is 2.01. The smallest absolute Gasteiger partial charge is 0.311 e. The van der Waals surface area contributed by atoms with Crippen LogP contribution in [0.5, 0.6) is 0 Å². The van der Waals surface area contributed by atoms with Crippen molar-refractivity contribution in [3.8, 4) is 0 Å². The van der Waals surface area contributed by atoms with Gasteiger partial charge in [-0.25, -0.2) is 0 Å². The zero-order valence-corrected chi connectivity index (χ0v) is 12.2. The maximum Gasteiger partial charge on any atom is 0.311 e. The van der Waals surface area contributed by atoms with E-state index in [1.165, 1.54) is 4.90 Å². The fourth-order valence-corrected chi connectivity index (χ4v) is 4.11. The number of carbonyl (C=O) groups excluding carboxylic acids is 2. The Morgan fingerprint density at radius 3 is 2.29 bits per heavy atom. The van der Waals surface area contributed by atoms with E-state index in [1.54, 1.807) is 6.92 Å². The Balaban J connectivity index is 1.93. The molecule has 0 aromatic carbocycles. The topological polar surface area (TPSA) is 74.7 Å². The van der Waals surface area contributed by atoms with Crippen LogP contribution in [-0.4, -0.2) is 33.8 Å². The molecule has 5 heteroatoms. The van der Waals surface area contributed by atoms with Crippen LogP contribution in [0.4, 0.5) is 0 Å². The summed E-state index contributed by atoms with van der Waals surface area (Å²) < 4.78 is 0. The minimum Gasteiger partial charge on any atom is -0.481 e. The molecule has 1 saturated carbocycles. The predicted octanol–water partition coefficient (Wildman–Crippen LogP) is 1.97. The van der Waals surface area contributed by atoms with Crippen molar-refractivity contribution in [3.63, 3.8) is 0 Å². The summed E-state index contributed by atoms with van der Waals surface area (Å²) in [5.74, 6) is -1.77. The maximum absolute atomic E-state index is 12.6. The van der Waals surface area contributed by atoms with Crippen molar-refractivity contribution in [1.82, 2.24) is 4.90 Å². The van der Waals surface area contributed by atoms with Crippen molar-refractivity contribution in [2.75, 3.05) is 0 Å². The third-order valence-electron chi connectivity index (χ3n) is 5.50. The summed E-state index contributed by atoms with van der Waals surface area (Å²) in [6, 6.07) is -0.491. The van der Waals surface area contributed by atoms with Gasteiger partial charge in [0, 0.05) is 0 Å². The molecule has 2 aliphatic carbocycles. The van der Waals surface area contributed by atoms with Crippen molar-refractivity contribution in [1.29, 1.82) is 0 Å². The standard InChI is InChI=1S/C16H21NO4/c1-16(15(20)21)9-5-4-8-12(16)17-13(18)10-6-2-3-7-11(10)14(17)19/h2-3,10-12H,4-9H2,1H3,(H,20,21). The number of carboxylic acids is 1. The highest BCUT2D eigenvalue weighted by atomic mass is 16.4. The van der Waals surface area contributed by atoms with Crippen molar-refractivity contribution in [2.24, 2.45) is 17.3 Å². The number of carboxylic acid groups (broad SMARTS) is 1. The SMILES string of the molecule is CC1(C(=O)O)CCCCC1N1C(=O)C2CC=CCC2C1=O. The van der Waals surface area contributed by atoms with Crippen molar-refractivity contribution in [2.45, 2.75) is 51.5 Å².